The minimum atomic E-state index is -3.48. The van der Waals surface area contributed by atoms with Gasteiger partial charge in [0.05, 0.1) is 31.1 Å². The van der Waals surface area contributed by atoms with Crippen molar-refractivity contribution in [2.24, 2.45) is 10.1 Å². The molecule has 0 aromatic rings. The zero-order valence-electron chi connectivity index (χ0n) is 15.6. The molecule has 0 spiro atoms. The van der Waals surface area contributed by atoms with Crippen LogP contribution in [0, 0.1) is 0 Å². The van der Waals surface area contributed by atoms with Crippen molar-refractivity contribution in [1.29, 1.82) is 0 Å². The molecular weight excluding hydrogens is 471 g/mol. The minimum absolute atomic E-state index is 0. The van der Waals surface area contributed by atoms with Crippen LogP contribution in [0.4, 0.5) is 0 Å². The number of piperidine rings is 1. The van der Waals surface area contributed by atoms with Crippen LogP contribution in [-0.2, 0) is 19.5 Å². The van der Waals surface area contributed by atoms with E-state index in [1.54, 1.807) is 0 Å². The SMILES string of the molecule is CCNC(=NCCS(N)(=O)=O)N1CCC(OCC2CCCCO2)CC1.I. The van der Waals surface area contributed by atoms with E-state index in [-0.39, 0.29) is 48.5 Å². The Labute approximate surface area is 174 Å². The van der Waals surface area contributed by atoms with Crippen molar-refractivity contribution >= 4 is 40.0 Å². The summed E-state index contributed by atoms with van der Waals surface area (Å²) in [6.07, 6.45) is 5.87. The lowest BCUT2D eigenvalue weighted by molar-refractivity contribution is -0.0721. The number of guanidine groups is 1. The van der Waals surface area contributed by atoms with Crippen molar-refractivity contribution in [2.45, 2.75) is 51.2 Å². The Balaban J connectivity index is 0.00000338. The van der Waals surface area contributed by atoms with Gasteiger partial charge in [0.25, 0.3) is 0 Å². The van der Waals surface area contributed by atoms with Crippen LogP contribution in [0.1, 0.15) is 39.0 Å². The van der Waals surface area contributed by atoms with Gasteiger partial charge in [-0.05, 0) is 39.0 Å². The van der Waals surface area contributed by atoms with Crippen LogP contribution in [-0.4, -0.2) is 76.6 Å². The number of primary sulfonamides is 1. The predicted molar refractivity (Wildman–Crippen MR) is 114 cm³/mol. The fourth-order valence-electron chi connectivity index (χ4n) is 3.12. The number of halogens is 1. The predicted octanol–water partition coefficient (Wildman–Crippen LogP) is 0.909. The zero-order valence-corrected chi connectivity index (χ0v) is 18.7. The molecule has 0 radical (unpaired) electrons. The maximum absolute atomic E-state index is 11.0. The monoisotopic (exact) mass is 504 g/mol. The number of sulfonamides is 1. The molecule has 2 heterocycles. The van der Waals surface area contributed by atoms with Gasteiger partial charge >= 0.3 is 0 Å². The Hall–Kier alpha value is -0.170. The molecule has 2 fully saturated rings. The number of hydrogen-bond donors (Lipinski definition) is 2. The first-order chi connectivity index (χ1) is 12.0. The topological polar surface area (TPSA) is 106 Å². The van der Waals surface area contributed by atoms with E-state index in [4.69, 9.17) is 14.6 Å². The van der Waals surface area contributed by atoms with Crippen LogP contribution >= 0.6 is 24.0 Å². The molecule has 26 heavy (non-hydrogen) atoms. The Morgan fingerprint density at radius 3 is 2.62 bits per heavy atom. The van der Waals surface area contributed by atoms with Gasteiger partial charge in [0.1, 0.15) is 0 Å². The van der Waals surface area contributed by atoms with Crippen molar-refractivity contribution in [3.63, 3.8) is 0 Å². The van der Waals surface area contributed by atoms with E-state index in [9.17, 15) is 8.42 Å². The van der Waals surface area contributed by atoms with E-state index in [1.165, 1.54) is 6.42 Å². The van der Waals surface area contributed by atoms with Crippen LogP contribution < -0.4 is 10.5 Å². The molecule has 2 aliphatic rings. The van der Waals surface area contributed by atoms with Crippen LogP contribution in [0.25, 0.3) is 0 Å². The Bertz CT molecular complexity index is 518. The molecule has 0 saturated carbocycles. The summed E-state index contributed by atoms with van der Waals surface area (Å²) >= 11 is 0. The second kappa shape index (κ2) is 12.3. The molecule has 1 unspecified atom stereocenters. The zero-order chi connectivity index (χ0) is 18.1. The van der Waals surface area contributed by atoms with Crippen molar-refractivity contribution in [2.75, 3.05) is 45.1 Å². The van der Waals surface area contributed by atoms with E-state index in [0.717, 1.165) is 57.9 Å². The van der Waals surface area contributed by atoms with Crippen molar-refractivity contribution in [3.05, 3.63) is 0 Å². The minimum Gasteiger partial charge on any atom is -0.376 e. The third-order valence-corrected chi connectivity index (χ3v) is 5.26. The van der Waals surface area contributed by atoms with Gasteiger partial charge in [-0.3, -0.25) is 4.99 Å². The first-order valence-corrected chi connectivity index (χ1v) is 11.0. The number of hydrogen-bond acceptors (Lipinski definition) is 5. The summed E-state index contributed by atoms with van der Waals surface area (Å²) in [5.41, 5.74) is 0. The lowest BCUT2D eigenvalue weighted by Gasteiger charge is -2.35. The second-order valence-corrected chi connectivity index (χ2v) is 8.34. The molecule has 0 aliphatic carbocycles. The van der Waals surface area contributed by atoms with E-state index in [1.807, 2.05) is 6.92 Å². The fourth-order valence-corrected chi connectivity index (χ4v) is 3.47. The molecule has 0 amide bonds. The van der Waals surface area contributed by atoms with Crippen LogP contribution in [0.2, 0.25) is 0 Å². The van der Waals surface area contributed by atoms with E-state index < -0.39 is 10.0 Å². The van der Waals surface area contributed by atoms with Crippen molar-refractivity contribution < 1.29 is 17.9 Å². The highest BCUT2D eigenvalue weighted by Crippen LogP contribution is 2.17. The maximum Gasteiger partial charge on any atom is 0.210 e. The van der Waals surface area contributed by atoms with Gasteiger partial charge in [-0.15, -0.1) is 24.0 Å². The van der Waals surface area contributed by atoms with Gasteiger partial charge < -0.3 is 19.7 Å². The summed E-state index contributed by atoms with van der Waals surface area (Å²) in [5.74, 6) is 0.614. The van der Waals surface area contributed by atoms with Crippen LogP contribution in [0.3, 0.4) is 0 Å². The number of nitrogens with zero attached hydrogens (tertiary/aromatic N) is 2. The molecule has 2 rings (SSSR count). The van der Waals surface area contributed by atoms with E-state index >= 15 is 0 Å². The van der Waals surface area contributed by atoms with Gasteiger partial charge in [0.2, 0.25) is 10.0 Å². The lowest BCUT2D eigenvalue weighted by Crippen LogP contribution is -2.47. The molecule has 2 aliphatic heterocycles. The summed E-state index contributed by atoms with van der Waals surface area (Å²) in [5, 5.41) is 8.25. The smallest absolute Gasteiger partial charge is 0.210 e. The number of likely N-dealkylation sites (tertiary alicyclic amines) is 1. The van der Waals surface area contributed by atoms with Crippen molar-refractivity contribution in [3.8, 4) is 0 Å². The summed E-state index contributed by atoms with van der Waals surface area (Å²) in [6.45, 7) is 6.14. The number of rotatable bonds is 7. The molecule has 0 aromatic carbocycles. The largest absolute Gasteiger partial charge is 0.376 e. The molecule has 1 atom stereocenters. The number of aliphatic imine (C=N–C) groups is 1. The highest BCUT2D eigenvalue weighted by Gasteiger charge is 2.23. The maximum atomic E-state index is 11.0. The Morgan fingerprint density at radius 2 is 2.04 bits per heavy atom. The van der Waals surface area contributed by atoms with Gasteiger partial charge in [0, 0.05) is 26.2 Å². The molecule has 2 saturated heterocycles. The molecule has 8 nitrogen and oxygen atoms in total. The number of nitrogens with two attached hydrogens (primary N) is 1. The fraction of sp³-hybridized carbons (Fsp3) is 0.938. The van der Waals surface area contributed by atoms with Crippen LogP contribution in [0.5, 0.6) is 0 Å². The lowest BCUT2D eigenvalue weighted by atomic mass is 10.1. The first kappa shape index (κ1) is 23.9. The summed E-state index contributed by atoms with van der Waals surface area (Å²) in [7, 11) is -3.48. The number of nitrogens with one attached hydrogen (secondary N) is 1. The molecule has 154 valence electrons. The highest BCUT2D eigenvalue weighted by molar-refractivity contribution is 14.0. The Morgan fingerprint density at radius 1 is 1.31 bits per heavy atom. The van der Waals surface area contributed by atoms with Crippen molar-refractivity contribution in [1.82, 2.24) is 10.2 Å². The van der Waals surface area contributed by atoms with E-state index in [2.05, 4.69) is 15.2 Å². The van der Waals surface area contributed by atoms with Gasteiger partial charge in [-0.25, -0.2) is 13.6 Å². The summed E-state index contributed by atoms with van der Waals surface area (Å²) in [6, 6.07) is 0. The van der Waals surface area contributed by atoms with E-state index in [0.29, 0.717) is 6.61 Å². The quantitative estimate of drug-likeness (QED) is 0.303. The Kier molecular flexibility index (Phi) is 11.3. The third kappa shape index (κ3) is 9.16. The summed E-state index contributed by atoms with van der Waals surface area (Å²) < 4.78 is 33.8. The third-order valence-electron chi connectivity index (χ3n) is 4.51. The highest BCUT2D eigenvalue weighted by atomic mass is 127. The number of ether oxygens (including phenoxy) is 2. The van der Waals surface area contributed by atoms with Gasteiger partial charge in [-0.1, -0.05) is 0 Å². The standard InChI is InChI=1S/C16H32N4O4S.HI/c1-2-18-16(19-8-12-25(17,21)22)20-9-6-14(7-10-20)24-13-15-5-3-4-11-23-15;/h14-15H,2-13H2,1H3,(H,18,19)(H2,17,21,22);1H. The second-order valence-electron chi connectivity index (χ2n) is 6.61. The molecule has 0 bridgehead atoms. The average Bonchev–Trinajstić information content (AvgIpc) is 2.60. The van der Waals surface area contributed by atoms with Gasteiger partial charge in [-0.2, -0.15) is 0 Å². The summed E-state index contributed by atoms with van der Waals surface area (Å²) in [4.78, 5) is 6.53. The molecule has 3 N–H and O–H groups in total. The van der Waals surface area contributed by atoms with Crippen LogP contribution in [0.15, 0.2) is 4.99 Å². The first-order valence-electron chi connectivity index (χ1n) is 9.25. The molecule has 10 heteroatoms. The molecular formula is C16H33IN4O4S. The van der Waals surface area contributed by atoms with Gasteiger partial charge in [0.15, 0.2) is 5.96 Å². The average molecular weight is 504 g/mol. The molecule has 0 aromatic heterocycles. The normalized spacial score (nSPS) is 22.8.